The highest BCUT2D eigenvalue weighted by Crippen LogP contribution is 2.21. The summed E-state index contributed by atoms with van der Waals surface area (Å²) in [6.07, 6.45) is 4.49. The Morgan fingerprint density at radius 2 is 2.11 bits per heavy atom. The number of carbonyl (C=O) groups is 1. The van der Waals surface area contributed by atoms with E-state index in [1.807, 2.05) is 26.0 Å². The van der Waals surface area contributed by atoms with E-state index >= 15 is 0 Å². The Balaban J connectivity index is 1.91. The zero-order valence-corrected chi connectivity index (χ0v) is 11.2. The van der Waals surface area contributed by atoms with Crippen molar-refractivity contribution in [2.45, 2.75) is 39.2 Å². The van der Waals surface area contributed by atoms with E-state index in [1.165, 1.54) is 12.8 Å². The van der Waals surface area contributed by atoms with Crippen molar-refractivity contribution < 1.29 is 9.53 Å². The van der Waals surface area contributed by atoms with Crippen LogP contribution < -0.4 is 10.1 Å². The van der Waals surface area contributed by atoms with Gasteiger partial charge in [0.25, 0.3) is 0 Å². The summed E-state index contributed by atoms with van der Waals surface area (Å²) >= 11 is 0. The minimum atomic E-state index is 0.612. The summed E-state index contributed by atoms with van der Waals surface area (Å²) in [5.41, 5.74) is 2.75. The van der Waals surface area contributed by atoms with Crippen LogP contribution in [0.25, 0.3) is 0 Å². The van der Waals surface area contributed by atoms with Crippen LogP contribution in [0.4, 0.5) is 0 Å². The van der Waals surface area contributed by atoms with Crippen LogP contribution >= 0.6 is 0 Å². The number of hydrogen-bond donors (Lipinski definition) is 1. The Labute approximate surface area is 109 Å². The molecule has 1 saturated heterocycles. The van der Waals surface area contributed by atoms with E-state index in [0.717, 1.165) is 48.3 Å². The van der Waals surface area contributed by atoms with Gasteiger partial charge in [0, 0.05) is 11.6 Å². The van der Waals surface area contributed by atoms with Crippen LogP contribution in [0.2, 0.25) is 0 Å². The van der Waals surface area contributed by atoms with Crippen LogP contribution in [-0.2, 0) is 0 Å². The monoisotopic (exact) mass is 247 g/mol. The van der Waals surface area contributed by atoms with E-state index in [0.29, 0.717) is 6.04 Å². The summed E-state index contributed by atoms with van der Waals surface area (Å²) in [5.74, 6) is 0.869. The van der Waals surface area contributed by atoms with E-state index in [-0.39, 0.29) is 0 Å². The predicted molar refractivity (Wildman–Crippen MR) is 72.4 cm³/mol. The van der Waals surface area contributed by atoms with Gasteiger partial charge in [-0.1, -0.05) is 0 Å². The number of carbonyl (C=O) groups excluding carboxylic acids is 1. The third kappa shape index (κ3) is 3.10. The van der Waals surface area contributed by atoms with Gasteiger partial charge in [-0.05, 0) is 62.9 Å². The van der Waals surface area contributed by atoms with E-state index in [9.17, 15) is 4.79 Å². The Hall–Kier alpha value is -1.35. The predicted octanol–water partition coefficient (Wildman–Crippen LogP) is 2.64. The molecule has 0 amide bonds. The highest BCUT2D eigenvalue weighted by molar-refractivity contribution is 5.80. The molecule has 1 aliphatic heterocycles. The standard InChI is InChI=1S/C15H21NO2/c1-11-8-14(9-12(2)15(11)10-17)18-7-5-13-4-3-6-16-13/h8-10,13,16H,3-7H2,1-2H3. The number of nitrogens with one attached hydrogen (secondary N) is 1. The molecule has 0 aromatic heterocycles. The highest BCUT2D eigenvalue weighted by atomic mass is 16.5. The van der Waals surface area contributed by atoms with Crippen LogP contribution in [-0.4, -0.2) is 25.5 Å². The largest absolute Gasteiger partial charge is 0.494 e. The molecule has 0 aliphatic carbocycles. The van der Waals surface area contributed by atoms with Crippen molar-refractivity contribution in [3.63, 3.8) is 0 Å². The molecular weight excluding hydrogens is 226 g/mol. The van der Waals surface area contributed by atoms with Crippen molar-refractivity contribution in [3.8, 4) is 5.75 Å². The zero-order valence-electron chi connectivity index (χ0n) is 11.2. The fourth-order valence-corrected chi connectivity index (χ4v) is 2.53. The Kier molecular flexibility index (Phi) is 4.37. The molecule has 0 saturated carbocycles. The first-order chi connectivity index (χ1) is 8.70. The third-order valence-electron chi connectivity index (χ3n) is 3.58. The Morgan fingerprint density at radius 3 is 2.67 bits per heavy atom. The van der Waals surface area contributed by atoms with Gasteiger partial charge in [-0.2, -0.15) is 0 Å². The fourth-order valence-electron chi connectivity index (χ4n) is 2.53. The van der Waals surface area contributed by atoms with Gasteiger partial charge in [0.1, 0.15) is 5.75 Å². The molecule has 18 heavy (non-hydrogen) atoms. The first kappa shape index (κ1) is 13.1. The van der Waals surface area contributed by atoms with E-state index < -0.39 is 0 Å². The summed E-state index contributed by atoms with van der Waals surface area (Å²) in [6.45, 7) is 5.76. The maximum Gasteiger partial charge on any atom is 0.150 e. The van der Waals surface area contributed by atoms with Crippen molar-refractivity contribution in [1.29, 1.82) is 0 Å². The molecule has 0 bridgehead atoms. The maximum absolute atomic E-state index is 10.9. The van der Waals surface area contributed by atoms with Crippen LogP contribution in [0, 0.1) is 13.8 Å². The molecule has 1 N–H and O–H groups in total. The van der Waals surface area contributed by atoms with E-state index in [2.05, 4.69) is 5.32 Å². The number of rotatable bonds is 5. The number of aryl methyl sites for hydroxylation is 2. The Morgan fingerprint density at radius 1 is 1.39 bits per heavy atom. The molecule has 1 atom stereocenters. The first-order valence-corrected chi connectivity index (χ1v) is 6.63. The molecule has 1 aromatic carbocycles. The lowest BCUT2D eigenvalue weighted by atomic mass is 10.0. The van der Waals surface area contributed by atoms with Gasteiger partial charge in [0.15, 0.2) is 6.29 Å². The average Bonchev–Trinajstić information content (AvgIpc) is 2.82. The molecule has 1 heterocycles. The first-order valence-electron chi connectivity index (χ1n) is 6.63. The van der Waals surface area contributed by atoms with Gasteiger partial charge in [0.2, 0.25) is 0 Å². The maximum atomic E-state index is 10.9. The second-order valence-electron chi connectivity index (χ2n) is 5.02. The summed E-state index contributed by atoms with van der Waals surface area (Å²) < 4.78 is 5.77. The number of hydrogen-bond acceptors (Lipinski definition) is 3. The molecule has 1 fully saturated rings. The van der Waals surface area contributed by atoms with Gasteiger partial charge < -0.3 is 10.1 Å². The number of benzene rings is 1. The number of ether oxygens (including phenoxy) is 1. The molecule has 1 aromatic rings. The van der Waals surface area contributed by atoms with Crippen molar-refractivity contribution >= 4 is 6.29 Å². The number of aldehydes is 1. The SMILES string of the molecule is Cc1cc(OCCC2CCCN2)cc(C)c1C=O. The van der Waals surface area contributed by atoms with Crippen molar-refractivity contribution in [2.24, 2.45) is 0 Å². The van der Waals surface area contributed by atoms with Gasteiger partial charge >= 0.3 is 0 Å². The molecule has 2 rings (SSSR count). The molecule has 98 valence electrons. The van der Waals surface area contributed by atoms with Crippen LogP contribution in [0.5, 0.6) is 5.75 Å². The average molecular weight is 247 g/mol. The fraction of sp³-hybridized carbons (Fsp3) is 0.533. The van der Waals surface area contributed by atoms with Gasteiger partial charge in [-0.15, -0.1) is 0 Å². The smallest absolute Gasteiger partial charge is 0.150 e. The molecule has 3 heteroatoms. The van der Waals surface area contributed by atoms with E-state index in [4.69, 9.17) is 4.74 Å². The topological polar surface area (TPSA) is 38.3 Å². The quantitative estimate of drug-likeness (QED) is 0.813. The zero-order chi connectivity index (χ0) is 13.0. The van der Waals surface area contributed by atoms with E-state index in [1.54, 1.807) is 0 Å². The molecule has 1 aliphatic rings. The minimum Gasteiger partial charge on any atom is -0.494 e. The molecular formula is C15H21NO2. The second kappa shape index (κ2) is 6.01. The Bertz CT molecular complexity index is 399. The van der Waals surface area contributed by atoms with Gasteiger partial charge in [-0.3, -0.25) is 4.79 Å². The summed E-state index contributed by atoms with van der Waals surface area (Å²) in [4.78, 5) is 10.9. The lowest BCUT2D eigenvalue weighted by Gasteiger charge is -2.13. The van der Waals surface area contributed by atoms with Crippen LogP contribution in [0.15, 0.2) is 12.1 Å². The summed E-state index contributed by atoms with van der Waals surface area (Å²) in [5, 5.41) is 3.46. The molecule has 0 radical (unpaired) electrons. The van der Waals surface area contributed by atoms with Gasteiger partial charge in [-0.25, -0.2) is 0 Å². The van der Waals surface area contributed by atoms with Crippen LogP contribution in [0.1, 0.15) is 40.7 Å². The van der Waals surface area contributed by atoms with Gasteiger partial charge in [0.05, 0.1) is 6.61 Å². The van der Waals surface area contributed by atoms with Crippen molar-refractivity contribution in [2.75, 3.05) is 13.2 Å². The van der Waals surface area contributed by atoms with Crippen molar-refractivity contribution in [1.82, 2.24) is 5.32 Å². The second-order valence-corrected chi connectivity index (χ2v) is 5.02. The lowest BCUT2D eigenvalue weighted by Crippen LogP contribution is -2.23. The summed E-state index contributed by atoms with van der Waals surface area (Å²) in [6, 6.07) is 4.50. The molecule has 3 nitrogen and oxygen atoms in total. The third-order valence-corrected chi connectivity index (χ3v) is 3.58. The molecule has 0 spiro atoms. The molecule has 1 unspecified atom stereocenters. The van der Waals surface area contributed by atoms with Crippen LogP contribution in [0.3, 0.4) is 0 Å². The minimum absolute atomic E-state index is 0.612. The lowest BCUT2D eigenvalue weighted by molar-refractivity contribution is 0.112. The highest BCUT2D eigenvalue weighted by Gasteiger charge is 2.13. The normalized spacial score (nSPS) is 18.9. The summed E-state index contributed by atoms with van der Waals surface area (Å²) in [7, 11) is 0. The van der Waals surface area contributed by atoms with Crippen molar-refractivity contribution in [3.05, 3.63) is 28.8 Å².